The van der Waals surface area contributed by atoms with Crippen LogP contribution in [0.25, 0.3) is 21.8 Å². The molecule has 0 atom stereocenters. The summed E-state index contributed by atoms with van der Waals surface area (Å²) in [5.41, 5.74) is 6.97. The predicted octanol–water partition coefficient (Wildman–Crippen LogP) is 3.85. The summed E-state index contributed by atoms with van der Waals surface area (Å²) in [6.45, 7) is -0.532. The van der Waals surface area contributed by atoms with Gasteiger partial charge in [0.1, 0.15) is 5.82 Å². The average Bonchev–Trinajstić information content (AvgIpc) is 3.01. The summed E-state index contributed by atoms with van der Waals surface area (Å²) in [4.78, 5) is 11.9. The molecular weight excluding hydrogens is 369 g/mol. The third-order valence-electron chi connectivity index (χ3n) is 4.86. The van der Waals surface area contributed by atoms with Crippen LogP contribution in [0.15, 0.2) is 48.5 Å². The number of carbonyl (C=O) groups is 1. The van der Waals surface area contributed by atoms with Gasteiger partial charge in [-0.15, -0.1) is 0 Å². The fraction of sp³-hybridized carbons (Fsp3) is 0.0952. The van der Waals surface area contributed by atoms with E-state index in [1.165, 1.54) is 0 Å². The fourth-order valence-corrected chi connectivity index (χ4v) is 3.54. The van der Waals surface area contributed by atoms with E-state index >= 15 is 0 Å². The normalized spacial score (nSPS) is 11.4. The van der Waals surface area contributed by atoms with Gasteiger partial charge in [0.25, 0.3) is 0 Å². The molecule has 4 nitrogen and oxygen atoms in total. The first-order chi connectivity index (χ1) is 13.4. The highest BCUT2D eigenvalue weighted by Crippen LogP contribution is 2.33. The van der Waals surface area contributed by atoms with Crippen LogP contribution in [0.2, 0.25) is 0 Å². The molecule has 0 aliphatic heterocycles. The second-order valence-corrected chi connectivity index (χ2v) is 6.48. The molecule has 7 heteroatoms. The van der Waals surface area contributed by atoms with Crippen LogP contribution in [0.5, 0.6) is 0 Å². The van der Waals surface area contributed by atoms with Crippen molar-refractivity contribution in [2.24, 2.45) is 5.73 Å². The zero-order chi connectivity index (χ0) is 20.0. The van der Waals surface area contributed by atoms with Crippen molar-refractivity contribution >= 4 is 27.7 Å². The first-order valence-corrected chi connectivity index (χ1v) is 8.49. The molecule has 28 heavy (non-hydrogen) atoms. The van der Waals surface area contributed by atoms with E-state index in [1.54, 1.807) is 41.0 Å². The first-order valence-electron chi connectivity index (χ1n) is 8.49. The molecule has 1 amide bonds. The Labute approximate surface area is 157 Å². The van der Waals surface area contributed by atoms with E-state index in [-0.39, 0.29) is 18.7 Å². The number of rotatable bonds is 4. The second-order valence-electron chi connectivity index (χ2n) is 6.48. The van der Waals surface area contributed by atoms with E-state index in [9.17, 15) is 23.1 Å². The summed E-state index contributed by atoms with van der Waals surface area (Å²) >= 11 is 0. The van der Waals surface area contributed by atoms with Crippen LogP contribution >= 0.6 is 0 Å². The first kappa shape index (κ1) is 18.1. The summed E-state index contributed by atoms with van der Waals surface area (Å²) in [5, 5.41) is 10.6. The van der Waals surface area contributed by atoms with Crippen molar-refractivity contribution in [1.29, 1.82) is 0 Å². The van der Waals surface area contributed by atoms with Gasteiger partial charge in [-0.25, -0.2) is 13.2 Å². The van der Waals surface area contributed by atoms with E-state index < -0.39 is 28.9 Å². The number of hydrogen-bond donors (Lipinski definition) is 2. The van der Waals surface area contributed by atoms with Crippen molar-refractivity contribution in [1.82, 2.24) is 4.57 Å². The Balaban J connectivity index is 2.08. The zero-order valence-electron chi connectivity index (χ0n) is 14.5. The van der Waals surface area contributed by atoms with E-state index in [0.29, 0.717) is 27.4 Å². The third-order valence-corrected chi connectivity index (χ3v) is 4.86. The van der Waals surface area contributed by atoms with E-state index in [2.05, 4.69) is 0 Å². The Morgan fingerprint density at radius 1 is 1.00 bits per heavy atom. The minimum Gasteiger partial charge on any atom is -0.392 e. The van der Waals surface area contributed by atoms with Gasteiger partial charge in [0, 0.05) is 27.4 Å². The number of primary amides is 1. The Hall–Kier alpha value is -3.32. The second kappa shape index (κ2) is 6.69. The summed E-state index contributed by atoms with van der Waals surface area (Å²) in [6, 6.07) is 11.5. The van der Waals surface area contributed by atoms with Crippen LogP contribution in [-0.2, 0) is 13.2 Å². The monoisotopic (exact) mass is 384 g/mol. The maximum atomic E-state index is 14.3. The number of fused-ring (bicyclic) bond motifs is 3. The van der Waals surface area contributed by atoms with E-state index in [4.69, 9.17) is 5.73 Å². The van der Waals surface area contributed by atoms with Gasteiger partial charge in [0.15, 0.2) is 11.6 Å². The number of aliphatic hydroxyl groups is 1. The molecule has 0 bridgehead atoms. The number of aromatic nitrogens is 1. The third kappa shape index (κ3) is 2.71. The lowest BCUT2D eigenvalue weighted by Gasteiger charge is -2.11. The lowest BCUT2D eigenvalue weighted by molar-refractivity contribution is 0.100. The van der Waals surface area contributed by atoms with Gasteiger partial charge < -0.3 is 15.4 Å². The standard InChI is InChI=1S/C21H15F3N2O2/c22-15-6-7-16(23)20(24)14(15)9-26-17-3-1-2-13(21(25)28)19(17)12-5-4-11(10-27)8-18(12)26/h1-8,27H,9-10H2,(H2,25,28). The summed E-state index contributed by atoms with van der Waals surface area (Å²) in [5.74, 6) is -3.93. The highest BCUT2D eigenvalue weighted by atomic mass is 19.2. The lowest BCUT2D eigenvalue weighted by atomic mass is 10.0. The van der Waals surface area contributed by atoms with Gasteiger partial charge in [-0.3, -0.25) is 4.79 Å². The Kier molecular flexibility index (Phi) is 4.31. The Morgan fingerprint density at radius 3 is 2.46 bits per heavy atom. The van der Waals surface area contributed by atoms with Crippen molar-refractivity contribution in [3.8, 4) is 0 Å². The number of amides is 1. The largest absolute Gasteiger partial charge is 0.392 e. The quantitative estimate of drug-likeness (QED) is 0.525. The number of hydrogen-bond acceptors (Lipinski definition) is 2. The Bertz CT molecular complexity index is 1250. The highest BCUT2D eigenvalue weighted by molar-refractivity contribution is 6.17. The van der Waals surface area contributed by atoms with Crippen LogP contribution in [0.3, 0.4) is 0 Å². The minimum atomic E-state index is -1.26. The van der Waals surface area contributed by atoms with Crippen LogP contribution in [0.4, 0.5) is 13.2 Å². The molecule has 0 radical (unpaired) electrons. The molecule has 0 saturated heterocycles. The molecule has 142 valence electrons. The Morgan fingerprint density at radius 2 is 1.75 bits per heavy atom. The molecule has 0 aliphatic carbocycles. The highest BCUT2D eigenvalue weighted by Gasteiger charge is 2.20. The summed E-state index contributed by atoms with van der Waals surface area (Å²) in [7, 11) is 0. The molecule has 1 aromatic heterocycles. The lowest BCUT2D eigenvalue weighted by Crippen LogP contribution is -2.11. The molecule has 1 heterocycles. The number of benzene rings is 3. The molecular formula is C21H15F3N2O2. The van der Waals surface area contributed by atoms with Gasteiger partial charge >= 0.3 is 0 Å². The topological polar surface area (TPSA) is 68.2 Å². The average molecular weight is 384 g/mol. The van der Waals surface area contributed by atoms with Crippen molar-refractivity contribution in [2.45, 2.75) is 13.2 Å². The smallest absolute Gasteiger partial charge is 0.249 e. The van der Waals surface area contributed by atoms with Gasteiger partial charge in [-0.05, 0) is 35.9 Å². The van der Waals surface area contributed by atoms with Crippen molar-refractivity contribution in [3.63, 3.8) is 0 Å². The number of halogens is 3. The van der Waals surface area contributed by atoms with Crippen molar-refractivity contribution in [3.05, 3.63) is 82.7 Å². The molecule has 0 aliphatic rings. The minimum absolute atomic E-state index is 0.233. The van der Waals surface area contributed by atoms with Gasteiger partial charge in [0.2, 0.25) is 5.91 Å². The molecule has 0 fully saturated rings. The molecule has 3 N–H and O–H groups in total. The maximum absolute atomic E-state index is 14.3. The van der Waals surface area contributed by atoms with Crippen LogP contribution in [-0.4, -0.2) is 15.6 Å². The van der Waals surface area contributed by atoms with Gasteiger partial charge in [-0.2, -0.15) is 0 Å². The van der Waals surface area contributed by atoms with Crippen LogP contribution in [0, 0.1) is 17.5 Å². The summed E-state index contributed by atoms with van der Waals surface area (Å²) < 4.78 is 43.7. The van der Waals surface area contributed by atoms with Gasteiger partial charge in [-0.1, -0.05) is 18.2 Å². The fourth-order valence-electron chi connectivity index (χ4n) is 3.54. The number of carbonyl (C=O) groups excluding carboxylic acids is 1. The van der Waals surface area contributed by atoms with E-state index in [0.717, 1.165) is 12.1 Å². The number of aliphatic hydroxyl groups excluding tert-OH is 1. The van der Waals surface area contributed by atoms with Crippen LogP contribution < -0.4 is 5.73 Å². The summed E-state index contributed by atoms with van der Waals surface area (Å²) in [6.07, 6.45) is 0. The SMILES string of the molecule is NC(=O)c1cccc2c1c1ccc(CO)cc1n2Cc1c(F)ccc(F)c1F. The van der Waals surface area contributed by atoms with Crippen LogP contribution in [0.1, 0.15) is 21.5 Å². The molecule has 0 unspecified atom stereocenters. The molecule has 3 aromatic carbocycles. The predicted molar refractivity (Wildman–Crippen MR) is 99.3 cm³/mol. The van der Waals surface area contributed by atoms with Crippen molar-refractivity contribution in [2.75, 3.05) is 0 Å². The number of nitrogens with two attached hydrogens (primary N) is 1. The molecule has 4 rings (SSSR count). The molecule has 0 spiro atoms. The molecule has 0 saturated carbocycles. The maximum Gasteiger partial charge on any atom is 0.249 e. The molecule has 4 aromatic rings. The zero-order valence-corrected chi connectivity index (χ0v) is 14.5. The van der Waals surface area contributed by atoms with Gasteiger partial charge in [0.05, 0.1) is 18.7 Å². The number of nitrogens with zero attached hydrogens (tertiary/aromatic N) is 1. The van der Waals surface area contributed by atoms with Crippen molar-refractivity contribution < 1.29 is 23.1 Å². The van der Waals surface area contributed by atoms with E-state index in [1.807, 2.05) is 0 Å².